The van der Waals surface area contributed by atoms with Crippen LogP contribution >= 0.6 is 11.6 Å². The van der Waals surface area contributed by atoms with Gasteiger partial charge < -0.3 is 9.47 Å². The zero-order valence-corrected chi connectivity index (χ0v) is 20.8. The van der Waals surface area contributed by atoms with Crippen molar-refractivity contribution in [1.29, 1.82) is 0 Å². The molecule has 0 aromatic heterocycles. The number of rotatable bonds is 6. The molecule has 0 bridgehead atoms. The number of ether oxygens (including phenoxy) is 2. The highest BCUT2D eigenvalue weighted by Crippen LogP contribution is 2.55. The summed E-state index contributed by atoms with van der Waals surface area (Å²) >= 11 is 5.93. The van der Waals surface area contributed by atoms with E-state index in [4.69, 9.17) is 21.1 Å². The maximum absolute atomic E-state index is 15.3. The van der Waals surface area contributed by atoms with Crippen LogP contribution in [-0.4, -0.2) is 47.9 Å². The highest BCUT2D eigenvalue weighted by molar-refractivity contribution is 7.92. The predicted molar refractivity (Wildman–Crippen MR) is 122 cm³/mol. The van der Waals surface area contributed by atoms with Gasteiger partial charge in [0.15, 0.2) is 21.4 Å². The molecule has 186 valence electrons. The molecule has 0 aliphatic carbocycles. The van der Waals surface area contributed by atoms with E-state index in [1.54, 1.807) is 0 Å². The summed E-state index contributed by atoms with van der Waals surface area (Å²) in [5.41, 5.74) is -0.404. The molecule has 1 N–H and O–H groups in total. The molecule has 0 amide bonds. The summed E-state index contributed by atoms with van der Waals surface area (Å²) in [7, 11) is -8.05. The molecule has 2 aromatic carbocycles. The smallest absolute Gasteiger partial charge is 0.214 e. The number of fused-ring (bicyclic) bond motifs is 3. The monoisotopic (exact) mass is 535 g/mol. The van der Waals surface area contributed by atoms with Gasteiger partial charge in [-0.05, 0) is 56.7 Å². The van der Waals surface area contributed by atoms with Gasteiger partial charge in [0.05, 0.1) is 28.4 Å². The van der Waals surface area contributed by atoms with Gasteiger partial charge in [-0.3, -0.25) is 0 Å². The molecular weight excluding hydrogens is 512 g/mol. The second kappa shape index (κ2) is 9.02. The van der Waals surface area contributed by atoms with Crippen LogP contribution in [0.5, 0.6) is 5.75 Å². The number of sulfonamides is 1. The van der Waals surface area contributed by atoms with E-state index in [2.05, 4.69) is 4.72 Å². The first-order valence-electron chi connectivity index (χ1n) is 10.6. The van der Waals surface area contributed by atoms with Crippen molar-refractivity contribution in [2.24, 2.45) is 5.92 Å². The van der Waals surface area contributed by atoms with Crippen molar-refractivity contribution in [3.05, 3.63) is 58.6 Å². The number of sulfone groups is 1. The average Bonchev–Trinajstić information content (AvgIpc) is 2.79. The zero-order valence-electron chi connectivity index (χ0n) is 18.4. The summed E-state index contributed by atoms with van der Waals surface area (Å²) in [5, 5.41) is -0.418. The van der Waals surface area contributed by atoms with Gasteiger partial charge in [0, 0.05) is 24.1 Å². The van der Waals surface area contributed by atoms with Crippen LogP contribution in [0.3, 0.4) is 0 Å². The van der Waals surface area contributed by atoms with Gasteiger partial charge in [0.1, 0.15) is 10.6 Å². The van der Waals surface area contributed by atoms with Crippen molar-refractivity contribution >= 4 is 31.5 Å². The Kier molecular flexibility index (Phi) is 6.71. The summed E-state index contributed by atoms with van der Waals surface area (Å²) < 4.78 is 94.7. The topological polar surface area (TPSA) is 98.8 Å². The van der Waals surface area contributed by atoms with Crippen LogP contribution in [0, 0.1) is 17.6 Å². The molecule has 4 rings (SSSR count). The third kappa shape index (κ3) is 4.01. The molecule has 1 saturated heterocycles. The largest absolute Gasteiger partial charge is 0.490 e. The first-order valence-corrected chi connectivity index (χ1v) is 14.0. The molecule has 1 fully saturated rings. The molecule has 2 aromatic rings. The van der Waals surface area contributed by atoms with Crippen LogP contribution in [0.15, 0.2) is 41.3 Å². The Morgan fingerprint density at radius 1 is 1.09 bits per heavy atom. The van der Waals surface area contributed by atoms with E-state index in [1.165, 1.54) is 38.1 Å². The van der Waals surface area contributed by atoms with Crippen LogP contribution in [0.25, 0.3) is 0 Å². The lowest BCUT2D eigenvalue weighted by Gasteiger charge is -2.50. The third-order valence-corrected chi connectivity index (χ3v) is 11.1. The molecule has 2 aliphatic heterocycles. The molecular formula is C22H24ClF2NO6S2. The molecule has 0 saturated carbocycles. The summed E-state index contributed by atoms with van der Waals surface area (Å²) in [6, 6.07) is 7.16. The number of hydrogen-bond donors (Lipinski definition) is 1. The predicted octanol–water partition coefficient (Wildman–Crippen LogP) is 3.41. The molecule has 7 nitrogen and oxygen atoms in total. The number of nitrogens with one attached hydrogen (secondary N) is 1. The minimum Gasteiger partial charge on any atom is -0.490 e. The second-order valence-electron chi connectivity index (χ2n) is 8.60. The molecule has 34 heavy (non-hydrogen) atoms. The maximum atomic E-state index is 15.3. The fourth-order valence-electron chi connectivity index (χ4n) is 4.62. The Balaban J connectivity index is 1.90. The van der Waals surface area contributed by atoms with Gasteiger partial charge in [-0.1, -0.05) is 11.6 Å². The van der Waals surface area contributed by atoms with E-state index in [1.807, 2.05) is 0 Å². The average molecular weight is 536 g/mol. The van der Waals surface area contributed by atoms with Gasteiger partial charge >= 0.3 is 0 Å². The highest BCUT2D eigenvalue weighted by Gasteiger charge is 2.61. The summed E-state index contributed by atoms with van der Waals surface area (Å²) in [4.78, 5) is -0.123. The van der Waals surface area contributed by atoms with E-state index >= 15 is 4.39 Å². The van der Waals surface area contributed by atoms with Crippen LogP contribution < -0.4 is 9.46 Å². The van der Waals surface area contributed by atoms with Crippen molar-refractivity contribution in [3.63, 3.8) is 0 Å². The summed E-state index contributed by atoms with van der Waals surface area (Å²) in [6.07, 6.45) is -1.15. The van der Waals surface area contributed by atoms with E-state index in [-0.39, 0.29) is 31.1 Å². The molecule has 0 unspecified atom stereocenters. The molecule has 3 atom stereocenters. The SMILES string of the molecule is CC(C)S(=O)(=O)NC[C@@H]1OCC[C@@]2(S(=O)(=O)c3ccc(Cl)cc3)c3c(F)ccc(F)c3OC[C@@H]12. The van der Waals surface area contributed by atoms with Crippen molar-refractivity contribution in [2.45, 2.75) is 41.3 Å². The normalized spacial score (nSPS) is 24.9. The maximum Gasteiger partial charge on any atom is 0.214 e. The number of benzene rings is 2. The Morgan fingerprint density at radius 2 is 1.74 bits per heavy atom. The number of halogens is 3. The van der Waals surface area contributed by atoms with Crippen LogP contribution in [0.2, 0.25) is 5.02 Å². The molecule has 2 aliphatic rings. The van der Waals surface area contributed by atoms with E-state index in [9.17, 15) is 21.2 Å². The summed E-state index contributed by atoms with van der Waals surface area (Å²) in [6.45, 7) is 2.31. The first kappa shape index (κ1) is 25.3. The molecule has 12 heteroatoms. The lowest BCUT2D eigenvalue weighted by atomic mass is 9.76. The van der Waals surface area contributed by atoms with Gasteiger partial charge in [0.25, 0.3) is 0 Å². The number of hydrogen-bond acceptors (Lipinski definition) is 6. The lowest BCUT2D eigenvalue weighted by molar-refractivity contribution is -0.0688. The van der Waals surface area contributed by atoms with Gasteiger partial charge in [-0.15, -0.1) is 0 Å². The molecule has 2 heterocycles. The standard InChI is InChI=1S/C22H24ClF2NO6S2/c1-13(2)34(29,30)26-11-19-16-12-32-21-18(25)8-7-17(24)20(21)22(16,9-10-31-19)33(27,28)15-5-3-14(23)4-6-15/h3-8,13,16,19,26H,9-12H2,1-2H3/t16-,19-,22-/m0/s1. The second-order valence-corrected chi connectivity index (χ2v) is 13.6. The molecule has 0 spiro atoms. The van der Waals surface area contributed by atoms with Crippen LogP contribution in [0.4, 0.5) is 8.78 Å². The van der Waals surface area contributed by atoms with Crippen molar-refractivity contribution in [2.75, 3.05) is 19.8 Å². The Bertz CT molecular complexity index is 1300. The van der Waals surface area contributed by atoms with E-state index in [0.717, 1.165) is 12.1 Å². The van der Waals surface area contributed by atoms with Gasteiger partial charge in [-0.25, -0.2) is 30.3 Å². The van der Waals surface area contributed by atoms with Crippen molar-refractivity contribution in [3.8, 4) is 5.75 Å². The van der Waals surface area contributed by atoms with Crippen LogP contribution in [-0.2, 0) is 29.3 Å². The van der Waals surface area contributed by atoms with E-state index < -0.39 is 64.8 Å². The van der Waals surface area contributed by atoms with Crippen LogP contribution in [0.1, 0.15) is 25.8 Å². The minimum atomic E-state index is -4.36. The Hall–Kier alpha value is -1.79. The van der Waals surface area contributed by atoms with Gasteiger partial charge in [-0.2, -0.15) is 0 Å². The van der Waals surface area contributed by atoms with Crippen molar-refractivity contribution in [1.82, 2.24) is 4.72 Å². The first-order chi connectivity index (χ1) is 15.9. The van der Waals surface area contributed by atoms with Gasteiger partial charge in [0.2, 0.25) is 10.0 Å². The molecule has 0 radical (unpaired) electrons. The minimum absolute atomic E-state index is 0.118. The van der Waals surface area contributed by atoms with E-state index in [0.29, 0.717) is 5.02 Å². The Labute approximate surface area is 202 Å². The lowest BCUT2D eigenvalue weighted by Crippen LogP contribution is -2.59. The zero-order chi connectivity index (χ0) is 24.9. The van der Waals surface area contributed by atoms with Crippen molar-refractivity contribution < 1.29 is 35.1 Å². The Morgan fingerprint density at radius 3 is 2.38 bits per heavy atom. The fraction of sp³-hybridized carbons (Fsp3) is 0.455. The quantitative estimate of drug-likeness (QED) is 0.608. The third-order valence-electron chi connectivity index (χ3n) is 6.45. The summed E-state index contributed by atoms with van der Waals surface area (Å²) in [5.74, 6) is -3.30. The highest BCUT2D eigenvalue weighted by atomic mass is 35.5. The fourth-order valence-corrected chi connectivity index (χ4v) is 7.82.